The number of nitrogens with one attached hydrogen (secondary N) is 2. The molecule has 0 saturated carbocycles. The van der Waals surface area contributed by atoms with Gasteiger partial charge in [-0.1, -0.05) is 12.8 Å². The summed E-state index contributed by atoms with van der Waals surface area (Å²) >= 11 is 0. The summed E-state index contributed by atoms with van der Waals surface area (Å²) < 4.78 is 31.2. The predicted octanol–water partition coefficient (Wildman–Crippen LogP) is 0.136. The quantitative estimate of drug-likeness (QED) is 0.355. The van der Waals surface area contributed by atoms with Gasteiger partial charge in [0.15, 0.2) is 0 Å². The third-order valence-corrected chi connectivity index (χ3v) is 3.77. The zero-order valence-electron chi connectivity index (χ0n) is 12.3. The van der Waals surface area contributed by atoms with Gasteiger partial charge in [0.05, 0.1) is 32.1 Å². The van der Waals surface area contributed by atoms with E-state index in [1.54, 1.807) is 0 Å². The number of carbonyl (C=O) groups is 2. The first kappa shape index (κ1) is 17.7. The van der Waals surface area contributed by atoms with Crippen molar-refractivity contribution in [1.29, 1.82) is 0 Å². The van der Waals surface area contributed by atoms with Crippen LogP contribution in [-0.4, -0.2) is 52.5 Å². The molecule has 0 aromatic rings. The van der Waals surface area contributed by atoms with Crippen molar-refractivity contribution in [2.75, 3.05) is 20.0 Å². The van der Waals surface area contributed by atoms with Crippen molar-refractivity contribution in [2.45, 2.75) is 44.2 Å². The Morgan fingerprint density at radius 1 is 1.19 bits per heavy atom. The van der Waals surface area contributed by atoms with Crippen LogP contribution in [-0.2, 0) is 23.8 Å². The maximum absolute atomic E-state index is 11.3. The van der Waals surface area contributed by atoms with E-state index in [9.17, 15) is 18.0 Å². The largest absolute Gasteiger partial charge is 0.469 e. The second-order valence-electron chi connectivity index (χ2n) is 4.99. The van der Waals surface area contributed by atoms with Crippen LogP contribution in [0.2, 0.25) is 0 Å². The summed E-state index contributed by atoms with van der Waals surface area (Å²) in [7, 11) is -2.17. The molecule has 0 unspecified atom stereocenters. The maximum atomic E-state index is 11.3. The van der Waals surface area contributed by atoms with Gasteiger partial charge in [-0.05, 0) is 12.8 Å². The van der Waals surface area contributed by atoms with E-state index >= 15 is 0 Å². The second-order valence-corrected chi connectivity index (χ2v) is 6.64. The normalized spacial score (nSPS) is 21.7. The van der Waals surface area contributed by atoms with Crippen LogP contribution in [0.3, 0.4) is 0 Å². The molecule has 1 rings (SSSR count). The Balaban J connectivity index is 2.28. The van der Waals surface area contributed by atoms with Gasteiger partial charge in [0, 0.05) is 6.42 Å². The topological polar surface area (TPSA) is 111 Å². The van der Waals surface area contributed by atoms with E-state index in [0.29, 0.717) is 12.8 Å². The molecule has 9 heteroatoms. The molecule has 0 spiro atoms. The summed E-state index contributed by atoms with van der Waals surface area (Å²) in [4.78, 5) is 22.3. The number of rotatable bonds is 9. The predicted molar refractivity (Wildman–Crippen MR) is 75.1 cm³/mol. The molecule has 0 radical (unpaired) electrons. The van der Waals surface area contributed by atoms with E-state index in [1.165, 1.54) is 7.11 Å². The van der Waals surface area contributed by atoms with Crippen LogP contribution in [0, 0.1) is 0 Å². The standard InChI is InChI=1S/C12H22N2O6S/c1-19-11(15)7-5-3-4-6-9-10(14-12(16)13-9)8-20-21(2,17)18/h9-10H,3-8H2,1-2H3,(H2,13,14,16)/t9-,10+/m0/s1. The van der Waals surface area contributed by atoms with Crippen molar-refractivity contribution in [3.05, 3.63) is 0 Å². The lowest BCUT2D eigenvalue weighted by Crippen LogP contribution is -2.38. The lowest BCUT2D eigenvalue weighted by atomic mass is 10.0. The Morgan fingerprint density at radius 3 is 2.48 bits per heavy atom. The molecule has 2 atom stereocenters. The molecule has 1 aliphatic rings. The van der Waals surface area contributed by atoms with Gasteiger partial charge in [0.25, 0.3) is 10.1 Å². The highest BCUT2D eigenvalue weighted by Crippen LogP contribution is 2.13. The molecule has 0 aromatic heterocycles. The van der Waals surface area contributed by atoms with Crippen molar-refractivity contribution >= 4 is 22.1 Å². The van der Waals surface area contributed by atoms with Crippen LogP contribution in [0.4, 0.5) is 4.79 Å². The zero-order chi connectivity index (χ0) is 15.9. The molecule has 1 saturated heterocycles. The number of esters is 1. The average Bonchev–Trinajstić information content (AvgIpc) is 2.75. The summed E-state index contributed by atoms with van der Waals surface area (Å²) in [6.07, 6.45) is 4.43. The fourth-order valence-electron chi connectivity index (χ4n) is 2.12. The van der Waals surface area contributed by atoms with Crippen LogP contribution in [0.1, 0.15) is 32.1 Å². The lowest BCUT2D eigenvalue weighted by molar-refractivity contribution is -0.140. The first-order valence-electron chi connectivity index (χ1n) is 6.80. The van der Waals surface area contributed by atoms with E-state index in [2.05, 4.69) is 15.4 Å². The Labute approximate surface area is 124 Å². The molecule has 2 N–H and O–H groups in total. The molecule has 1 fully saturated rings. The van der Waals surface area contributed by atoms with Gasteiger partial charge in [0.2, 0.25) is 0 Å². The highest BCUT2D eigenvalue weighted by molar-refractivity contribution is 7.85. The Kier molecular flexibility index (Phi) is 6.90. The van der Waals surface area contributed by atoms with Crippen LogP contribution in [0.5, 0.6) is 0 Å². The van der Waals surface area contributed by atoms with Crippen LogP contribution in [0.15, 0.2) is 0 Å². The van der Waals surface area contributed by atoms with Crippen molar-refractivity contribution < 1.29 is 26.9 Å². The molecular weight excluding hydrogens is 300 g/mol. The highest BCUT2D eigenvalue weighted by Gasteiger charge is 2.31. The number of carbonyl (C=O) groups excluding carboxylic acids is 2. The number of ether oxygens (including phenoxy) is 1. The molecule has 0 bridgehead atoms. The second kappa shape index (κ2) is 8.18. The number of hydrogen-bond donors (Lipinski definition) is 2. The number of methoxy groups -OCH3 is 1. The van der Waals surface area contributed by atoms with Crippen LogP contribution >= 0.6 is 0 Å². The fourth-order valence-corrected chi connectivity index (χ4v) is 2.51. The van der Waals surface area contributed by atoms with Crippen LogP contribution < -0.4 is 10.6 Å². The van der Waals surface area contributed by atoms with Crippen LogP contribution in [0.25, 0.3) is 0 Å². The molecule has 8 nitrogen and oxygen atoms in total. The van der Waals surface area contributed by atoms with Gasteiger partial charge >= 0.3 is 12.0 Å². The van der Waals surface area contributed by atoms with E-state index in [4.69, 9.17) is 4.18 Å². The van der Waals surface area contributed by atoms with Crippen molar-refractivity contribution in [1.82, 2.24) is 10.6 Å². The lowest BCUT2D eigenvalue weighted by Gasteiger charge is -2.17. The minimum absolute atomic E-state index is 0.0790. The molecule has 1 aliphatic heterocycles. The van der Waals surface area contributed by atoms with E-state index < -0.39 is 10.1 Å². The van der Waals surface area contributed by atoms with Crippen molar-refractivity contribution in [3.8, 4) is 0 Å². The first-order chi connectivity index (χ1) is 9.81. The maximum Gasteiger partial charge on any atom is 0.315 e. The number of amides is 2. The number of unbranched alkanes of at least 4 members (excludes halogenated alkanes) is 2. The molecule has 0 aromatic carbocycles. The number of urea groups is 1. The van der Waals surface area contributed by atoms with Crippen molar-refractivity contribution in [2.24, 2.45) is 0 Å². The average molecular weight is 322 g/mol. The molecule has 1 heterocycles. The molecule has 0 aliphatic carbocycles. The molecular formula is C12H22N2O6S. The van der Waals surface area contributed by atoms with Gasteiger partial charge in [-0.2, -0.15) is 8.42 Å². The van der Waals surface area contributed by atoms with E-state index in [0.717, 1.165) is 25.5 Å². The Morgan fingerprint density at radius 2 is 1.86 bits per heavy atom. The van der Waals surface area contributed by atoms with Gasteiger partial charge in [-0.3, -0.25) is 8.98 Å². The Bertz CT molecular complexity index is 464. The fraction of sp³-hybridized carbons (Fsp3) is 0.833. The number of hydrogen-bond acceptors (Lipinski definition) is 6. The summed E-state index contributed by atoms with van der Waals surface area (Å²) in [5.41, 5.74) is 0. The van der Waals surface area contributed by atoms with E-state index in [-0.39, 0.29) is 30.7 Å². The highest BCUT2D eigenvalue weighted by atomic mass is 32.2. The summed E-state index contributed by atoms with van der Waals surface area (Å²) in [5.74, 6) is -0.231. The van der Waals surface area contributed by atoms with E-state index in [1.807, 2.05) is 0 Å². The summed E-state index contributed by atoms with van der Waals surface area (Å²) in [6, 6.07) is -0.859. The van der Waals surface area contributed by atoms with Gasteiger partial charge in [0.1, 0.15) is 0 Å². The zero-order valence-corrected chi connectivity index (χ0v) is 13.1. The summed E-state index contributed by atoms with van der Waals surface area (Å²) in [5, 5.41) is 5.37. The van der Waals surface area contributed by atoms with Gasteiger partial charge in [-0.25, -0.2) is 4.79 Å². The third-order valence-electron chi connectivity index (χ3n) is 3.20. The minimum atomic E-state index is -3.52. The monoisotopic (exact) mass is 322 g/mol. The Hall–Kier alpha value is -1.35. The molecule has 21 heavy (non-hydrogen) atoms. The molecule has 2 amide bonds. The summed E-state index contributed by atoms with van der Waals surface area (Å²) in [6.45, 7) is -0.0790. The third kappa shape index (κ3) is 7.28. The first-order valence-corrected chi connectivity index (χ1v) is 8.61. The molecule has 122 valence electrons. The smallest absolute Gasteiger partial charge is 0.315 e. The van der Waals surface area contributed by atoms with Crippen molar-refractivity contribution in [3.63, 3.8) is 0 Å². The van der Waals surface area contributed by atoms with Gasteiger partial charge in [-0.15, -0.1) is 0 Å². The SMILES string of the molecule is COC(=O)CCCCC[C@@H]1NC(=O)N[C@@H]1COS(C)(=O)=O. The minimum Gasteiger partial charge on any atom is -0.469 e. The van der Waals surface area contributed by atoms with Gasteiger partial charge < -0.3 is 15.4 Å².